The Kier molecular flexibility index (Phi) is 3.54. The van der Waals surface area contributed by atoms with E-state index in [1.807, 2.05) is 18.7 Å². The highest BCUT2D eigenvalue weighted by molar-refractivity contribution is 8.14. The molecule has 0 saturated carbocycles. The van der Waals surface area contributed by atoms with Gasteiger partial charge in [0.05, 0.1) is 10.7 Å². The first-order valence-electron chi connectivity index (χ1n) is 5.42. The molecule has 0 atom stereocenters. The van der Waals surface area contributed by atoms with Gasteiger partial charge in [0.2, 0.25) is 0 Å². The van der Waals surface area contributed by atoms with Crippen LogP contribution in [-0.4, -0.2) is 28.0 Å². The van der Waals surface area contributed by atoms with E-state index in [1.54, 1.807) is 11.3 Å². The van der Waals surface area contributed by atoms with Gasteiger partial charge >= 0.3 is 0 Å². The largest absolute Gasteiger partial charge is 0.359 e. The molecule has 2 heterocycles. The highest BCUT2D eigenvalue weighted by Gasteiger charge is 2.26. The maximum Gasteiger partial charge on any atom is 0.157 e. The molecule has 0 aromatic carbocycles. The molecule has 0 radical (unpaired) electrons. The molecule has 0 aliphatic carbocycles. The number of rotatable bonds is 3. The predicted octanol–water partition coefficient (Wildman–Crippen LogP) is 2.47. The van der Waals surface area contributed by atoms with Gasteiger partial charge in [-0.15, -0.1) is 11.3 Å². The van der Waals surface area contributed by atoms with Crippen LogP contribution in [0.4, 0.5) is 0 Å². The maximum absolute atomic E-state index is 4.56. The number of nitrogens with zero attached hydrogens (tertiary/aromatic N) is 2. The number of amidine groups is 1. The molecule has 2 rings (SSSR count). The van der Waals surface area contributed by atoms with E-state index in [9.17, 15) is 0 Å². The van der Waals surface area contributed by atoms with Crippen LogP contribution in [0.3, 0.4) is 0 Å². The molecule has 1 saturated heterocycles. The fourth-order valence-electron chi connectivity index (χ4n) is 1.49. The second kappa shape index (κ2) is 4.75. The Morgan fingerprint density at radius 1 is 1.56 bits per heavy atom. The molecule has 1 aliphatic rings. The van der Waals surface area contributed by atoms with Gasteiger partial charge in [0.15, 0.2) is 5.17 Å². The second-order valence-electron chi connectivity index (χ2n) is 4.59. The van der Waals surface area contributed by atoms with Crippen molar-refractivity contribution in [3.05, 3.63) is 16.1 Å². The standard InChI is InChI=1S/C11H17N3S2/c1-8-13-9(6-15-8)4-5-12-10-14-11(2,3)7-16-10/h6H,4-5,7H2,1-3H3,(H,12,14). The number of aromatic nitrogens is 1. The Hall–Kier alpha value is -0.550. The summed E-state index contributed by atoms with van der Waals surface area (Å²) in [5.74, 6) is 1.10. The van der Waals surface area contributed by atoms with Crippen molar-refractivity contribution in [2.75, 3.05) is 12.3 Å². The van der Waals surface area contributed by atoms with Gasteiger partial charge in [-0.25, -0.2) is 4.98 Å². The summed E-state index contributed by atoms with van der Waals surface area (Å²) in [7, 11) is 0. The highest BCUT2D eigenvalue weighted by Crippen LogP contribution is 2.22. The lowest BCUT2D eigenvalue weighted by molar-refractivity contribution is 0.536. The quantitative estimate of drug-likeness (QED) is 0.901. The molecular formula is C11H17N3S2. The van der Waals surface area contributed by atoms with Crippen molar-refractivity contribution >= 4 is 28.3 Å². The number of thioether (sulfide) groups is 1. The van der Waals surface area contributed by atoms with Crippen LogP contribution in [0.1, 0.15) is 24.5 Å². The first-order valence-corrected chi connectivity index (χ1v) is 7.28. The monoisotopic (exact) mass is 255 g/mol. The zero-order valence-electron chi connectivity index (χ0n) is 9.91. The second-order valence-corrected chi connectivity index (χ2v) is 6.62. The number of nitrogens with one attached hydrogen (secondary N) is 1. The van der Waals surface area contributed by atoms with Crippen LogP contribution in [0.2, 0.25) is 0 Å². The Morgan fingerprint density at radius 3 is 2.94 bits per heavy atom. The van der Waals surface area contributed by atoms with Gasteiger partial charge in [-0.05, 0) is 20.8 Å². The molecule has 1 aliphatic heterocycles. The lowest BCUT2D eigenvalue weighted by atomic mass is 10.1. The number of aryl methyl sites for hydroxylation is 1. The smallest absolute Gasteiger partial charge is 0.157 e. The summed E-state index contributed by atoms with van der Waals surface area (Å²) in [5.41, 5.74) is 1.36. The van der Waals surface area contributed by atoms with Crippen molar-refractivity contribution in [3.63, 3.8) is 0 Å². The van der Waals surface area contributed by atoms with E-state index in [0.717, 1.165) is 34.6 Å². The van der Waals surface area contributed by atoms with Crippen LogP contribution in [-0.2, 0) is 6.42 Å². The van der Waals surface area contributed by atoms with Crippen molar-refractivity contribution in [2.24, 2.45) is 4.99 Å². The Balaban J connectivity index is 1.82. The van der Waals surface area contributed by atoms with Gasteiger partial charge in [0, 0.05) is 29.6 Å². The van der Waals surface area contributed by atoms with E-state index in [4.69, 9.17) is 0 Å². The van der Waals surface area contributed by atoms with E-state index >= 15 is 0 Å². The summed E-state index contributed by atoms with van der Waals surface area (Å²) in [6, 6.07) is 0. The number of hydrogen-bond donors (Lipinski definition) is 1. The summed E-state index contributed by atoms with van der Waals surface area (Å²) in [6.45, 7) is 7.27. The molecule has 1 aromatic heterocycles. The lowest BCUT2D eigenvalue weighted by Crippen LogP contribution is -2.36. The molecule has 0 spiro atoms. The molecule has 3 nitrogen and oxygen atoms in total. The summed E-state index contributed by atoms with van der Waals surface area (Å²) >= 11 is 3.52. The van der Waals surface area contributed by atoms with Crippen LogP contribution in [0.5, 0.6) is 0 Å². The molecule has 1 N–H and O–H groups in total. The van der Waals surface area contributed by atoms with Crippen LogP contribution in [0, 0.1) is 6.92 Å². The molecule has 5 heteroatoms. The molecule has 16 heavy (non-hydrogen) atoms. The highest BCUT2D eigenvalue weighted by atomic mass is 32.2. The minimum absolute atomic E-state index is 0.195. The Bertz CT molecular complexity index is 396. The number of thiazole rings is 1. The third-order valence-electron chi connectivity index (χ3n) is 2.30. The van der Waals surface area contributed by atoms with E-state index in [2.05, 4.69) is 34.5 Å². The lowest BCUT2D eigenvalue weighted by Gasteiger charge is -2.15. The average molecular weight is 255 g/mol. The average Bonchev–Trinajstić information content (AvgIpc) is 2.73. The first kappa shape index (κ1) is 11.9. The van der Waals surface area contributed by atoms with Gasteiger partial charge in [-0.2, -0.15) is 0 Å². The van der Waals surface area contributed by atoms with E-state index in [0.29, 0.717) is 0 Å². The summed E-state index contributed by atoms with van der Waals surface area (Å²) in [5, 5.41) is 7.75. The molecule has 0 bridgehead atoms. The van der Waals surface area contributed by atoms with E-state index < -0.39 is 0 Å². The summed E-state index contributed by atoms with van der Waals surface area (Å²) in [6.07, 6.45) is 0.941. The topological polar surface area (TPSA) is 37.3 Å². The predicted molar refractivity (Wildman–Crippen MR) is 72.5 cm³/mol. The van der Waals surface area contributed by atoms with Crippen LogP contribution in [0.15, 0.2) is 10.4 Å². The Morgan fingerprint density at radius 2 is 2.38 bits per heavy atom. The molecule has 88 valence electrons. The van der Waals surface area contributed by atoms with Crippen molar-refractivity contribution in [1.29, 1.82) is 0 Å². The van der Waals surface area contributed by atoms with Crippen LogP contribution >= 0.6 is 23.1 Å². The fourth-order valence-corrected chi connectivity index (χ4v) is 3.24. The molecular weight excluding hydrogens is 238 g/mol. The van der Waals surface area contributed by atoms with Crippen molar-refractivity contribution in [2.45, 2.75) is 32.7 Å². The molecule has 1 fully saturated rings. The molecule has 1 aromatic rings. The van der Waals surface area contributed by atoms with Crippen molar-refractivity contribution in [1.82, 2.24) is 10.3 Å². The van der Waals surface area contributed by atoms with Gasteiger partial charge in [-0.1, -0.05) is 11.8 Å². The first-order chi connectivity index (χ1) is 7.55. The number of aliphatic imine (C=N–C) groups is 1. The summed E-state index contributed by atoms with van der Waals surface area (Å²) < 4.78 is 0. The summed E-state index contributed by atoms with van der Waals surface area (Å²) in [4.78, 5) is 8.98. The van der Waals surface area contributed by atoms with Crippen molar-refractivity contribution < 1.29 is 0 Å². The van der Waals surface area contributed by atoms with Crippen molar-refractivity contribution in [3.8, 4) is 0 Å². The number of hydrogen-bond acceptors (Lipinski definition) is 4. The fraction of sp³-hybridized carbons (Fsp3) is 0.636. The minimum Gasteiger partial charge on any atom is -0.359 e. The van der Waals surface area contributed by atoms with Gasteiger partial charge in [-0.3, -0.25) is 4.99 Å². The SMILES string of the molecule is Cc1nc(CCN=C2NC(C)(C)CS2)cs1. The van der Waals surface area contributed by atoms with Gasteiger partial charge < -0.3 is 5.32 Å². The van der Waals surface area contributed by atoms with Crippen LogP contribution in [0.25, 0.3) is 0 Å². The third-order valence-corrected chi connectivity index (χ3v) is 4.50. The van der Waals surface area contributed by atoms with E-state index in [-0.39, 0.29) is 5.54 Å². The minimum atomic E-state index is 0.195. The van der Waals surface area contributed by atoms with Gasteiger partial charge in [0.25, 0.3) is 0 Å². The normalized spacial score (nSPS) is 21.3. The maximum atomic E-state index is 4.56. The molecule has 0 unspecified atom stereocenters. The van der Waals surface area contributed by atoms with E-state index in [1.165, 1.54) is 0 Å². The van der Waals surface area contributed by atoms with Gasteiger partial charge in [0.1, 0.15) is 0 Å². The Labute approximate surface area is 105 Å². The third kappa shape index (κ3) is 3.22. The zero-order chi connectivity index (χ0) is 11.6. The zero-order valence-corrected chi connectivity index (χ0v) is 11.5. The molecule has 0 amide bonds. The van der Waals surface area contributed by atoms with Crippen LogP contribution < -0.4 is 5.32 Å².